The van der Waals surface area contributed by atoms with Crippen molar-refractivity contribution in [3.63, 3.8) is 0 Å². The molecule has 8 nitrogen and oxygen atoms in total. The van der Waals surface area contributed by atoms with E-state index in [1.807, 2.05) is 0 Å². The van der Waals surface area contributed by atoms with Crippen LogP contribution >= 0.6 is 0 Å². The first-order valence-corrected chi connectivity index (χ1v) is 4.43. The molecule has 6 N–H and O–H groups in total. The summed E-state index contributed by atoms with van der Waals surface area (Å²) in [6.45, 7) is -3.56. The van der Waals surface area contributed by atoms with Crippen molar-refractivity contribution in [1.82, 2.24) is 0 Å². The predicted octanol–water partition coefficient (Wildman–Crippen LogP) is -3.72. The minimum absolute atomic E-state index is 0.188. The van der Waals surface area contributed by atoms with Crippen LogP contribution in [0.5, 0.6) is 0 Å². The van der Waals surface area contributed by atoms with Gasteiger partial charge in [-0.05, 0) is 0 Å². The summed E-state index contributed by atoms with van der Waals surface area (Å²) < 4.78 is -1.08. The van der Waals surface area contributed by atoms with Crippen LogP contribution in [-0.4, -0.2) is 86.7 Å². The van der Waals surface area contributed by atoms with Gasteiger partial charge in [0.15, 0.2) is 40.4 Å². The van der Waals surface area contributed by atoms with Crippen molar-refractivity contribution >= 4 is 0 Å². The molecule has 15 heavy (non-hydrogen) atoms. The van der Waals surface area contributed by atoms with Crippen LogP contribution in [0, 0.1) is 0 Å². The number of hydrogen-bond acceptors (Lipinski definition) is 6. The van der Waals surface area contributed by atoms with Gasteiger partial charge in [-0.2, -0.15) is 0 Å². The van der Waals surface area contributed by atoms with Crippen LogP contribution in [-0.2, 0) is 0 Å². The zero-order valence-electron chi connectivity index (χ0n) is 8.53. The molecule has 0 aromatic carbocycles. The molecule has 0 heterocycles. The van der Waals surface area contributed by atoms with Gasteiger partial charge in [0.2, 0.25) is 6.67 Å². The van der Waals surface area contributed by atoms with Crippen molar-refractivity contribution < 1.29 is 39.6 Å². The van der Waals surface area contributed by atoms with Crippen molar-refractivity contribution in [2.45, 2.75) is 0 Å². The van der Waals surface area contributed by atoms with Crippen molar-refractivity contribution in [3.8, 4) is 0 Å². The number of rotatable bonds is 8. The highest BCUT2D eigenvalue weighted by Gasteiger charge is 2.38. The lowest BCUT2D eigenvalue weighted by atomic mass is 10.5. The Bertz CT molecular complexity index is 136. The highest BCUT2D eigenvalue weighted by atomic mass is 16.4. The fraction of sp³-hybridized carbons (Fsp3) is 1.00. The van der Waals surface area contributed by atoms with E-state index in [0.717, 1.165) is 0 Å². The summed E-state index contributed by atoms with van der Waals surface area (Å²) in [4.78, 5) is 0. The maximum absolute atomic E-state index is 9.02. The molecule has 0 aromatic rings. The summed E-state index contributed by atoms with van der Waals surface area (Å²) >= 11 is 0. The molecule has 0 aromatic heterocycles. The van der Waals surface area contributed by atoms with Crippen molar-refractivity contribution in [2.24, 2.45) is 0 Å². The van der Waals surface area contributed by atoms with Gasteiger partial charge in [0.25, 0.3) is 0 Å². The molecular weight excluding hydrogens is 208 g/mol. The molecule has 0 aliphatic carbocycles. The number of aliphatic hydroxyl groups is 6. The lowest BCUT2D eigenvalue weighted by Crippen LogP contribution is -2.64. The molecule has 0 unspecified atom stereocenters. The predicted molar refractivity (Wildman–Crippen MR) is 47.9 cm³/mol. The zero-order chi connectivity index (χ0) is 11.9. The minimum atomic E-state index is -0.562. The fourth-order valence-electron chi connectivity index (χ4n) is 1.17. The van der Waals surface area contributed by atoms with Gasteiger partial charge < -0.3 is 30.6 Å². The van der Waals surface area contributed by atoms with E-state index in [4.69, 9.17) is 30.6 Å². The van der Waals surface area contributed by atoms with Gasteiger partial charge in [-0.3, -0.25) is 0 Å². The van der Waals surface area contributed by atoms with Gasteiger partial charge in [-0.15, -0.1) is 0 Å². The van der Waals surface area contributed by atoms with Gasteiger partial charge >= 0.3 is 0 Å². The first kappa shape index (κ1) is 14.7. The minimum Gasteiger partial charge on any atom is -0.347 e. The van der Waals surface area contributed by atoms with E-state index in [1.54, 1.807) is 0 Å². The van der Waals surface area contributed by atoms with Gasteiger partial charge in [-0.25, -0.2) is 8.97 Å². The average molecular weight is 228 g/mol. The second kappa shape index (κ2) is 6.30. The molecule has 92 valence electrons. The number of nitrogens with zero attached hydrogens (tertiary/aromatic N) is 2. The molecule has 0 bridgehead atoms. The third-order valence-corrected chi connectivity index (χ3v) is 2.40. The molecule has 0 saturated carbocycles. The van der Waals surface area contributed by atoms with E-state index in [1.165, 1.54) is 0 Å². The first-order chi connectivity index (χ1) is 7.07. The number of hydrogen-bond donors (Lipinski definition) is 6. The summed E-state index contributed by atoms with van der Waals surface area (Å²) in [6, 6.07) is 0. The molecule has 0 amide bonds. The van der Waals surface area contributed by atoms with Crippen LogP contribution < -0.4 is 0 Å². The Morgan fingerprint density at radius 3 is 0.800 bits per heavy atom. The van der Waals surface area contributed by atoms with Crippen LogP contribution in [0.4, 0.5) is 0 Å². The molecule has 0 radical (unpaired) electrons. The Labute approximate surface area is 87.6 Å². The van der Waals surface area contributed by atoms with Crippen LogP contribution in [0.25, 0.3) is 0 Å². The smallest absolute Gasteiger partial charge is 0.218 e. The number of quaternary nitrogens is 2. The quantitative estimate of drug-likeness (QED) is 0.188. The second-order valence-electron chi connectivity index (χ2n) is 3.67. The number of aliphatic hydroxyl groups excluding tert-OH is 6. The molecular formula is C7H20N2O6+2. The fourth-order valence-corrected chi connectivity index (χ4v) is 1.17. The highest BCUT2D eigenvalue weighted by molar-refractivity contribution is 4.22. The van der Waals surface area contributed by atoms with Gasteiger partial charge in [0.1, 0.15) is 0 Å². The van der Waals surface area contributed by atoms with Crippen molar-refractivity contribution in [1.29, 1.82) is 0 Å². The molecule has 0 atom stereocenters. The Morgan fingerprint density at radius 2 is 0.667 bits per heavy atom. The lowest BCUT2D eigenvalue weighted by molar-refractivity contribution is -1.14. The molecule has 0 aliphatic heterocycles. The monoisotopic (exact) mass is 228 g/mol. The standard InChI is InChI=1S/C7H20N2O6/c10-2-8(3-11,4-12)1-9(5-13,6-14)7-15/h10-15H,1-7H2/q+2. The highest BCUT2D eigenvalue weighted by Crippen LogP contribution is 2.12. The van der Waals surface area contributed by atoms with E-state index in [0.29, 0.717) is 0 Å². The maximum atomic E-state index is 9.02. The van der Waals surface area contributed by atoms with Crippen LogP contribution in [0.15, 0.2) is 0 Å². The average Bonchev–Trinajstić information content (AvgIpc) is 2.33. The van der Waals surface area contributed by atoms with E-state index in [-0.39, 0.29) is 6.67 Å². The van der Waals surface area contributed by atoms with Crippen molar-refractivity contribution in [2.75, 3.05) is 47.1 Å². The summed E-state index contributed by atoms with van der Waals surface area (Å²) in [5.74, 6) is 0. The Kier molecular flexibility index (Phi) is 6.17. The third kappa shape index (κ3) is 3.33. The topological polar surface area (TPSA) is 121 Å². The molecule has 0 saturated heterocycles. The lowest BCUT2D eigenvalue weighted by Gasteiger charge is -2.40. The molecule has 0 fully saturated rings. The summed E-state index contributed by atoms with van der Waals surface area (Å²) in [7, 11) is 0. The largest absolute Gasteiger partial charge is 0.347 e. The molecule has 0 spiro atoms. The van der Waals surface area contributed by atoms with Crippen LogP contribution in [0.3, 0.4) is 0 Å². The summed E-state index contributed by atoms with van der Waals surface area (Å²) in [5.41, 5.74) is 0. The van der Waals surface area contributed by atoms with E-state index < -0.39 is 49.4 Å². The molecule has 0 aliphatic rings. The van der Waals surface area contributed by atoms with Crippen LogP contribution in [0.1, 0.15) is 0 Å². The van der Waals surface area contributed by atoms with E-state index in [9.17, 15) is 0 Å². The summed E-state index contributed by atoms with van der Waals surface area (Å²) in [5, 5.41) is 54.1. The van der Waals surface area contributed by atoms with Crippen LogP contribution in [0.2, 0.25) is 0 Å². The normalized spacial score (nSPS) is 13.2. The summed E-state index contributed by atoms with van der Waals surface area (Å²) in [6.07, 6.45) is 0. The zero-order valence-corrected chi connectivity index (χ0v) is 8.53. The van der Waals surface area contributed by atoms with E-state index >= 15 is 0 Å². The molecule has 8 heteroatoms. The molecule has 0 rings (SSSR count). The van der Waals surface area contributed by atoms with Crippen molar-refractivity contribution in [3.05, 3.63) is 0 Å². The van der Waals surface area contributed by atoms with Gasteiger partial charge in [-0.1, -0.05) is 0 Å². The van der Waals surface area contributed by atoms with E-state index in [2.05, 4.69) is 0 Å². The first-order valence-electron chi connectivity index (χ1n) is 4.43. The SMILES string of the molecule is OC[N+](CO)(CO)C[N+](CO)(CO)CO. The second-order valence-corrected chi connectivity index (χ2v) is 3.67. The Morgan fingerprint density at radius 1 is 0.467 bits per heavy atom. The van der Waals surface area contributed by atoms with Gasteiger partial charge in [0, 0.05) is 0 Å². The third-order valence-electron chi connectivity index (χ3n) is 2.40. The Hall–Kier alpha value is -0.320. The maximum Gasteiger partial charge on any atom is 0.218 e. The Balaban J connectivity index is 4.74. The van der Waals surface area contributed by atoms with Gasteiger partial charge in [0.05, 0.1) is 0 Å².